The van der Waals surface area contributed by atoms with E-state index < -0.39 is 0 Å². The molecule has 0 saturated carbocycles. The number of hydrogen-bond acceptors (Lipinski definition) is 2. The van der Waals surface area contributed by atoms with Crippen LogP contribution >= 0.6 is 0 Å². The van der Waals surface area contributed by atoms with Crippen molar-refractivity contribution < 1.29 is 4.79 Å². The van der Waals surface area contributed by atoms with Crippen LogP contribution in [0.3, 0.4) is 0 Å². The van der Waals surface area contributed by atoms with Crippen molar-refractivity contribution in [1.29, 1.82) is 0 Å². The van der Waals surface area contributed by atoms with Gasteiger partial charge in [-0.15, -0.1) is 0 Å². The van der Waals surface area contributed by atoms with Crippen molar-refractivity contribution in [3.8, 4) is 0 Å². The molecule has 0 aliphatic heterocycles. The van der Waals surface area contributed by atoms with Crippen LogP contribution in [0.25, 0.3) is 11.2 Å². The van der Waals surface area contributed by atoms with Crippen LogP contribution in [0, 0.1) is 0 Å². The maximum absolute atomic E-state index is 12.0. The average molecular weight is 240 g/mol. The second kappa shape index (κ2) is 4.03. The summed E-state index contributed by atoms with van der Waals surface area (Å²) in [5, 5.41) is 2.82. The average Bonchev–Trinajstić information content (AvgIpc) is 2.93. The standard InChI is InChI=1S/C13H12N4O/c1-17-8-14-12-11(17)7-10(16-12)13(18)15-9-5-3-2-4-6-9/h2-8,16H,1H3,(H,15,18). The van der Waals surface area contributed by atoms with Gasteiger partial charge in [0.15, 0.2) is 5.65 Å². The molecular weight excluding hydrogens is 228 g/mol. The van der Waals surface area contributed by atoms with Gasteiger partial charge < -0.3 is 14.9 Å². The van der Waals surface area contributed by atoms with Gasteiger partial charge >= 0.3 is 0 Å². The van der Waals surface area contributed by atoms with E-state index in [1.54, 1.807) is 12.4 Å². The number of H-pyrrole nitrogens is 1. The third-order valence-electron chi connectivity index (χ3n) is 2.79. The molecule has 2 aromatic heterocycles. The molecule has 90 valence electrons. The lowest BCUT2D eigenvalue weighted by molar-refractivity contribution is 0.102. The Labute approximate surface area is 103 Å². The zero-order valence-electron chi connectivity index (χ0n) is 9.84. The van der Waals surface area contributed by atoms with Gasteiger partial charge in [0, 0.05) is 12.7 Å². The van der Waals surface area contributed by atoms with E-state index in [1.807, 2.05) is 41.9 Å². The first-order chi connectivity index (χ1) is 8.74. The maximum atomic E-state index is 12.0. The summed E-state index contributed by atoms with van der Waals surface area (Å²) in [5.74, 6) is -0.167. The fourth-order valence-electron chi connectivity index (χ4n) is 1.85. The van der Waals surface area contributed by atoms with Gasteiger partial charge in [-0.25, -0.2) is 4.98 Å². The largest absolute Gasteiger partial charge is 0.334 e. The zero-order valence-corrected chi connectivity index (χ0v) is 9.84. The third kappa shape index (κ3) is 1.75. The zero-order chi connectivity index (χ0) is 12.5. The summed E-state index contributed by atoms with van der Waals surface area (Å²) < 4.78 is 1.87. The summed E-state index contributed by atoms with van der Waals surface area (Å²) >= 11 is 0. The number of aryl methyl sites for hydroxylation is 1. The van der Waals surface area contributed by atoms with E-state index in [9.17, 15) is 4.79 Å². The van der Waals surface area contributed by atoms with Crippen molar-refractivity contribution in [2.24, 2.45) is 7.05 Å². The summed E-state index contributed by atoms with van der Waals surface area (Å²) in [6.07, 6.45) is 1.71. The number of rotatable bonds is 2. The van der Waals surface area contributed by atoms with Gasteiger partial charge in [0.05, 0.1) is 11.8 Å². The van der Waals surface area contributed by atoms with Gasteiger partial charge in [0.2, 0.25) is 0 Å². The molecule has 3 rings (SSSR count). The topological polar surface area (TPSA) is 62.7 Å². The number of aromatic amines is 1. The van der Waals surface area contributed by atoms with E-state index in [2.05, 4.69) is 15.3 Å². The molecule has 0 spiro atoms. The summed E-state index contributed by atoms with van der Waals surface area (Å²) in [5.41, 5.74) is 2.91. The Bertz CT molecular complexity index is 696. The molecule has 0 unspecified atom stereocenters. The summed E-state index contributed by atoms with van der Waals surface area (Å²) in [6.45, 7) is 0. The highest BCUT2D eigenvalue weighted by molar-refractivity contribution is 6.05. The molecule has 2 heterocycles. The van der Waals surface area contributed by atoms with E-state index in [4.69, 9.17) is 0 Å². The maximum Gasteiger partial charge on any atom is 0.272 e. The summed E-state index contributed by atoms with van der Waals surface area (Å²) in [6, 6.07) is 11.1. The number of carbonyl (C=O) groups excluding carboxylic acids is 1. The fraction of sp³-hybridized carbons (Fsp3) is 0.0769. The van der Waals surface area contributed by atoms with Gasteiger partial charge in [-0.05, 0) is 18.2 Å². The van der Waals surface area contributed by atoms with Crippen molar-refractivity contribution in [1.82, 2.24) is 14.5 Å². The lowest BCUT2D eigenvalue weighted by Crippen LogP contribution is -2.12. The monoisotopic (exact) mass is 240 g/mol. The minimum atomic E-state index is -0.167. The summed E-state index contributed by atoms with van der Waals surface area (Å²) in [7, 11) is 1.89. The Morgan fingerprint density at radius 1 is 1.33 bits per heavy atom. The normalized spacial score (nSPS) is 10.7. The highest BCUT2D eigenvalue weighted by Crippen LogP contribution is 2.14. The van der Waals surface area contributed by atoms with Crippen molar-refractivity contribution in [3.05, 3.63) is 48.4 Å². The second-order valence-corrected chi connectivity index (χ2v) is 4.09. The second-order valence-electron chi connectivity index (χ2n) is 4.09. The van der Waals surface area contributed by atoms with Crippen LogP contribution in [-0.4, -0.2) is 20.4 Å². The van der Waals surface area contributed by atoms with Crippen molar-refractivity contribution in [3.63, 3.8) is 0 Å². The molecule has 2 N–H and O–H groups in total. The molecule has 3 aromatic rings. The Morgan fingerprint density at radius 2 is 2.11 bits per heavy atom. The number of fused-ring (bicyclic) bond motifs is 1. The van der Waals surface area contributed by atoms with Gasteiger partial charge in [-0.3, -0.25) is 4.79 Å². The summed E-state index contributed by atoms with van der Waals surface area (Å²) in [4.78, 5) is 19.2. The Kier molecular flexibility index (Phi) is 2.37. The Morgan fingerprint density at radius 3 is 2.83 bits per heavy atom. The molecule has 0 bridgehead atoms. The number of nitrogens with zero attached hydrogens (tertiary/aromatic N) is 2. The minimum absolute atomic E-state index is 0.167. The number of carbonyl (C=O) groups is 1. The molecule has 1 aromatic carbocycles. The number of amides is 1. The van der Waals surface area contributed by atoms with E-state index in [-0.39, 0.29) is 5.91 Å². The quantitative estimate of drug-likeness (QED) is 0.721. The molecule has 0 saturated heterocycles. The van der Waals surface area contributed by atoms with Crippen molar-refractivity contribution >= 4 is 22.8 Å². The molecule has 0 fully saturated rings. The number of benzene rings is 1. The number of imidazole rings is 1. The lowest BCUT2D eigenvalue weighted by atomic mass is 10.3. The molecular formula is C13H12N4O. The van der Waals surface area contributed by atoms with Crippen LogP contribution in [-0.2, 0) is 7.05 Å². The Balaban J connectivity index is 1.88. The minimum Gasteiger partial charge on any atom is -0.334 e. The van der Waals surface area contributed by atoms with Crippen LogP contribution in [0.5, 0.6) is 0 Å². The molecule has 0 aliphatic carbocycles. The molecule has 5 nitrogen and oxygen atoms in total. The predicted molar refractivity (Wildman–Crippen MR) is 69.5 cm³/mol. The number of anilines is 1. The van der Waals surface area contributed by atoms with Gasteiger partial charge in [0.1, 0.15) is 5.69 Å². The van der Waals surface area contributed by atoms with Crippen LogP contribution < -0.4 is 5.32 Å². The van der Waals surface area contributed by atoms with Crippen LogP contribution in [0.2, 0.25) is 0 Å². The van der Waals surface area contributed by atoms with E-state index in [0.717, 1.165) is 16.9 Å². The smallest absolute Gasteiger partial charge is 0.272 e. The van der Waals surface area contributed by atoms with E-state index >= 15 is 0 Å². The molecule has 0 aliphatic rings. The van der Waals surface area contributed by atoms with E-state index in [1.165, 1.54) is 0 Å². The SMILES string of the molecule is Cn1cnc2[nH]c(C(=O)Nc3ccccc3)cc21. The van der Waals surface area contributed by atoms with Crippen molar-refractivity contribution in [2.45, 2.75) is 0 Å². The van der Waals surface area contributed by atoms with Gasteiger partial charge in [0.25, 0.3) is 5.91 Å². The Hall–Kier alpha value is -2.56. The van der Waals surface area contributed by atoms with Crippen LogP contribution in [0.15, 0.2) is 42.7 Å². The molecule has 5 heteroatoms. The first kappa shape index (κ1) is 10.6. The molecule has 1 amide bonds. The number of nitrogens with one attached hydrogen (secondary N) is 2. The third-order valence-corrected chi connectivity index (χ3v) is 2.79. The molecule has 18 heavy (non-hydrogen) atoms. The number of hydrogen-bond donors (Lipinski definition) is 2. The predicted octanol–water partition coefficient (Wildman–Crippen LogP) is 2.15. The first-order valence-electron chi connectivity index (χ1n) is 5.60. The van der Waals surface area contributed by atoms with Crippen molar-refractivity contribution in [2.75, 3.05) is 5.32 Å². The number of aromatic nitrogens is 3. The van der Waals surface area contributed by atoms with Gasteiger partial charge in [-0.1, -0.05) is 18.2 Å². The molecule has 0 atom stereocenters. The van der Waals surface area contributed by atoms with Crippen LogP contribution in [0.4, 0.5) is 5.69 Å². The highest BCUT2D eigenvalue weighted by Gasteiger charge is 2.11. The van der Waals surface area contributed by atoms with E-state index in [0.29, 0.717) is 5.69 Å². The fourth-order valence-corrected chi connectivity index (χ4v) is 1.85. The van der Waals surface area contributed by atoms with Crippen LogP contribution in [0.1, 0.15) is 10.5 Å². The lowest BCUT2D eigenvalue weighted by Gasteiger charge is -2.02. The first-order valence-corrected chi connectivity index (χ1v) is 5.60. The van der Waals surface area contributed by atoms with Gasteiger partial charge in [-0.2, -0.15) is 0 Å². The molecule has 0 radical (unpaired) electrons. The number of para-hydroxylation sites is 1. The highest BCUT2D eigenvalue weighted by atomic mass is 16.1.